The standard InChI is InChI=1S/C22H29N3O/c1-4-5-13-23-22(26)24-21-8-6-7-18-19(14-25(3)15-20(18)21)17-11-9-16(2)10-12-17/h6-12,19H,4-5,13-15H2,1-3H3,(H2,23,24,26). The molecule has 26 heavy (non-hydrogen) atoms. The predicted molar refractivity (Wildman–Crippen MR) is 108 cm³/mol. The monoisotopic (exact) mass is 351 g/mol. The lowest BCUT2D eigenvalue weighted by molar-refractivity contribution is 0.251. The van der Waals surface area contributed by atoms with Gasteiger partial charge in [0, 0.05) is 31.2 Å². The van der Waals surface area contributed by atoms with E-state index in [1.165, 1.54) is 22.3 Å². The first-order valence-corrected chi connectivity index (χ1v) is 9.50. The van der Waals surface area contributed by atoms with E-state index < -0.39 is 0 Å². The Balaban J connectivity index is 1.86. The highest BCUT2D eigenvalue weighted by molar-refractivity contribution is 5.90. The largest absolute Gasteiger partial charge is 0.338 e. The summed E-state index contributed by atoms with van der Waals surface area (Å²) in [5.41, 5.74) is 6.06. The molecule has 0 saturated heterocycles. The number of aryl methyl sites for hydroxylation is 1. The molecule has 2 amide bonds. The Morgan fingerprint density at radius 3 is 2.69 bits per heavy atom. The van der Waals surface area contributed by atoms with Gasteiger partial charge in [0.2, 0.25) is 0 Å². The number of nitrogens with zero attached hydrogens (tertiary/aromatic N) is 1. The van der Waals surface area contributed by atoms with Gasteiger partial charge in [-0.2, -0.15) is 0 Å². The van der Waals surface area contributed by atoms with Gasteiger partial charge in [0.15, 0.2) is 0 Å². The Hall–Kier alpha value is -2.33. The lowest BCUT2D eigenvalue weighted by Crippen LogP contribution is -2.34. The minimum atomic E-state index is -0.119. The summed E-state index contributed by atoms with van der Waals surface area (Å²) < 4.78 is 0. The van der Waals surface area contributed by atoms with Crippen LogP contribution in [0.4, 0.5) is 10.5 Å². The number of urea groups is 1. The van der Waals surface area contributed by atoms with E-state index >= 15 is 0 Å². The first kappa shape index (κ1) is 18.5. The van der Waals surface area contributed by atoms with E-state index in [-0.39, 0.29) is 6.03 Å². The molecule has 4 heteroatoms. The van der Waals surface area contributed by atoms with Crippen LogP contribution in [0.15, 0.2) is 42.5 Å². The van der Waals surface area contributed by atoms with E-state index in [0.717, 1.165) is 31.6 Å². The van der Waals surface area contributed by atoms with E-state index in [4.69, 9.17) is 0 Å². The third-order valence-corrected chi connectivity index (χ3v) is 5.05. The molecule has 1 atom stereocenters. The molecule has 1 aliphatic heterocycles. The highest BCUT2D eigenvalue weighted by Crippen LogP contribution is 2.36. The summed E-state index contributed by atoms with van der Waals surface area (Å²) in [5, 5.41) is 5.99. The fourth-order valence-electron chi connectivity index (χ4n) is 3.60. The van der Waals surface area contributed by atoms with Crippen molar-refractivity contribution in [3.05, 3.63) is 64.7 Å². The van der Waals surface area contributed by atoms with Crippen LogP contribution in [0.25, 0.3) is 0 Å². The first-order chi connectivity index (χ1) is 12.6. The third kappa shape index (κ3) is 4.25. The van der Waals surface area contributed by atoms with Crippen LogP contribution in [-0.4, -0.2) is 31.1 Å². The Labute approximate surface area is 156 Å². The predicted octanol–water partition coefficient (Wildman–Crippen LogP) is 4.49. The second-order valence-corrected chi connectivity index (χ2v) is 7.27. The van der Waals surface area contributed by atoms with Gasteiger partial charge < -0.3 is 15.5 Å². The molecule has 0 bridgehead atoms. The topological polar surface area (TPSA) is 44.4 Å². The van der Waals surface area contributed by atoms with Gasteiger partial charge in [0.1, 0.15) is 0 Å². The van der Waals surface area contributed by atoms with Gasteiger partial charge in [-0.1, -0.05) is 55.3 Å². The number of rotatable bonds is 5. The second kappa shape index (κ2) is 8.37. The number of benzene rings is 2. The molecule has 0 spiro atoms. The number of hydrogen-bond donors (Lipinski definition) is 2. The number of carbonyl (C=O) groups is 1. The number of unbranched alkanes of at least 4 members (excludes halogenated alkanes) is 1. The number of anilines is 1. The van der Waals surface area contributed by atoms with Crippen molar-refractivity contribution >= 4 is 11.7 Å². The molecule has 1 aliphatic rings. The maximum atomic E-state index is 12.2. The molecule has 0 aliphatic carbocycles. The number of hydrogen-bond acceptors (Lipinski definition) is 2. The summed E-state index contributed by atoms with van der Waals surface area (Å²) in [6, 6.07) is 14.9. The van der Waals surface area contributed by atoms with Crippen LogP contribution < -0.4 is 10.6 Å². The molecular weight excluding hydrogens is 322 g/mol. The van der Waals surface area contributed by atoms with Crippen molar-refractivity contribution in [1.82, 2.24) is 10.2 Å². The van der Waals surface area contributed by atoms with E-state index in [2.05, 4.69) is 66.8 Å². The van der Waals surface area contributed by atoms with Crippen LogP contribution >= 0.6 is 0 Å². The van der Waals surface area contributed by atoms with Crippen molar-refractivity contribution in [1.29, 1.82) is 0 Å². The van der Waals surface area contributed by atoms with E-state index in [1.54, 1.807) is 0 Å². The summed E-state index contributed by atoms with van der Waals surface area (Å²) in [6.07, 6.45) is 2.07. The molecule has 4 nitrogen and oxygen atoms in total. The molecule has 1 heterocycles. The zero-order valence-corrected chi connectivity index (χ0v) is 16.0. The fourth-order valence-corrected chi connectivity index (χ4v) is 3.60. The fraction of sp³-hybridized carbons (Fsp3) is 0.409. The maximum absolute atomic E-state index is 12.2. The van der Waals surface area contributed by atoms with Crippen molar-refractivity contribution < 1.29 is 4.79 Å². The van der Waals surface area contributed by atoms with Gasteiger partial charge in [0.05, 0.1) is 0 Å². The zero-order valence-electron chi connectivity index (χ0n) is 16.0. The maximum Gasteiger partial charge on any atom is 0.319 e. The van der Waals surface area contributed by atoms with E-state index in [9.17, 15) is 4.79 Å². The lowest BCUT2D eigenvalue weighted by atomic mass is 9.84. The van der Waals surface area contributed by atoms with Crippen LogP contribution in [0.5, 0.6) is 0 Å². The van der Waals surface area contributed by atoms with Crippen molar-refractivity contribution in [3.63, 3.8) is 0 Å². The summed E-state index contributed by atoms with van der Waals surface area (Å²) in [4.78, 5) is 14.5. The molecule has 0 fully saturated rings. The molecule has 1 unspecified atom stereocenters. The molecule has 2 aromatic rings. The van der Waals surface area contributed by atoms with Crippen LogP contribution in [0.1, 0.15) is 47.9 Å². The molecule has 138 valence electrons. The second-order valence-electron chi connectivity index (χ2n) is 7.27. The van der Waals surface area contributed by atoms with Gasteiger partial charge in [-0.15, -0.1) is 0 Å². The minimum absolute atomic E-state index is 0.119. The first-order valence-electron chi connectivity index (χ1n) is 9.50. The lowest BCUT2D eigenvalue weighted by Gasteiger charge is -2.34. The summed E-state index contributed by atoms with van der Waals surface area (Å²) in [6.45, 7) is 6.78. The molecule has 3 rings (SSSR count). The van der Waals surface area contributed by atoms with Gasteiger partial charge in [-0.05, 0) is 43.1 Å². The van der Waals surface area contributed by atoms with E-state index in [0.29, 0.717) is 12.5 Å². The van der Waals surface area contributed by atoms with Crippen LogP contribution in [-0.2, 0) is 6.54 Å². The minimum Gasteiger partial charge on any atom is -0.338 e. The Morgan fingerprint density at radius 1 is 1.19 bits per heavy atom. The number of likely N-dealkylation sites (N-methyl/N-ethyl adjacent to an activating group) is 1. The highest BCUT2D eigenvalue weighted by atomic mass is 16.2. The number of nitrogens with one attached hydrogen (secondary N) is 2. The SMILES string of the molecule is CCCCNC(=O)Nc1cccc2c1CN(C)CC2c1ccc(C)cc1. The molecule has 0 aromatic heterocycles. The highest BCUT2D eigenvalue weighted by Gasteiger charge is 2.26. The van der Waals surface area contributed by atoms with Crippen molar-refractivity contribution in [2.45, 2.75) is 39.2 Å². The molecule has 0 radical (unpaired) electrons. The van der Waals surface area contributed by atoms with Gasteiger partial charge in [0.25, 0.3) is 0 Å². The van der Waals surface area contributed by atoms with Crippen LogP contribution in [0.3, 0.4) is 0 Å². The number of carbonyl (C=O) groups excluding carboxylic acids is 1. The van der Waals surface area contributed by atoms with Crippen LogP contribution in [0.2, 0.25) is 0 Å². The summed E-state index contributed by atoms with van der Waals surface area (Å²) >= 11 is 0. The Morgan fingerprint density at radius 2 is 1.96 bits per heavy atom. The number of fused-ring (bicyclic) bond motifs is 1. The van der Waals surface area contributed by atoms with Gasteiger partial charge >= 0.3 is 6.03 Å². The zero-order chi connectivity index (χ0) is 18.5. The average Bonchev–Trinajstić information content (AvgIpc) is 2.62. The Bertz CT molecular complexity index is 754. The molecule has 2 aromatic carbocycles. The third-order valence-electron chi connectivity index (χ3n) is 5.05. The average molecular weight is 351 g/mol. The van der Waals surface area contributed by atoms with Crippen molar-refractivity contribution in [3.8, 4) is 0 Å². The molecular formula is C22H29N3O. The van der Waals surface area contributed by atoms with Crippen molar-refractivity contribution in [2.75, 3.05) is 25.5 Å². The quantitative estimate of drug-likeness (QED) is 0.779. The molecule has 2 N–H and O–H groups in total. The number of amides is 2. The smallest absolute Gasteiger partial charge is 0.319 e. The Kier molecular flexibility index (Phi) is 5.94. The van der Waals surface area contributed by atoms with E-state index in [1.807, 2.05) is 12.1 Å². The molecule has 0 saturated carbocycles. The summed E-state index contributed by atoms with van der Waals surface area (Å²) in [7, 11) is 2.14. The van der Waals surface area contributed by atoms with Crippen molar-refractivity contribution in [2.24, 2.45) is 0 Å². The van der Waals surface area contributed by atoms with Gasteiger partial charge in [-0.25, -0.2) is 4.79 Å². The van der Waals surface area contributed by atoms with Gasteiger partial charge in [-0.3, -0.25) is 0 Å². The summed E-state index contributed by atoms with van der Waals surface area (Å²) in [5.74, 6) is 0.328. The van der Waals surface area contributed by atoms with Crippen LogP contribution in [0, 0.1) is 6.92 Å². The normalized spacial score (nSPS) is 16.8.